The van der Waals surface area contributed by atoms with Crippen LogP contribution in [0.3, 0.4) is 0 Å². The normalized spacial score (nSPS) is 12.8. The maximum Gasteiger partial charge on any atom is 0.340 e. The average molecular weight is 410 g/mol. The molecule has 2 aromatic carbocycles. The smallest absolute Gasteiger partial charge is 0.340 e. The first-order chi connectivity index (χ1) is 14.0. The zero-order valence-corrected chi connectivity index (χ0v) is 17.0. The van der Waals surface area contributed by atoms with Crippen LogP contribution in [0.1, 0.15) is 31.1 Å². The summed E-state index contributed by atoms with van der Waals surface area (Å²) in [5.74, 6) is -1.39. The summed E-state index contributed by atoms with van der Waals surface area (Å²) in [4.78, 5) is 28.8. The maximum atomic E-state index is 12.3. The highest BCUT2D eigenvalue weighted by Gasteiger charge is 2.25. The second-order valence-electron chi connectivity index (χ2n) is 6.47. The SMILES string of the molecule is CCc1ccc(-c2csc(NC(=O)[C@@H](C)OC(=O)[C@@H](O)c3ccccc3)n2)cc1. The molecule has 2 atom stereocenters. The lowest BCUT2D eigenvalue weighted by Crippen LogP contribution is -2.31. The van der Waals surface area contributed by atoms with E-state index in [2.05, 4.69) is 17.2 Å². The Labute approximate surface area is 173 Å². The van der Waals surface area contributed by atoms with Gasteiger partial charge in [-0.2, -0.15) is 0 Å². The second-order valence-corrected chi connectivity index (χ2v) is 7.33. The van der Waals surface area contributed by atoms with Crippen molar-refractivity contribution in [3.8, 4) is 11.3 Å². The number of ether oxygens (including phenoxy) is 1. The molecule has 0 saturated heterocycles. The number of aliphatic hydroxyl groups is 1. The van der Waals surface area contributed by atoms with Crippen molar-refractivity contribution in [1.82, 2.24) is 4.98 Å². The summed E-state index contributed by atoms with van der Waals surface area (Å²) < 4.78 is 5.09. The van der Waals surface area contributed by atoms with Crippen LogP contribution >= 0.6 is 11.3 Å². The fraction of sp³-hybridized carbons (Fsp3) is 0.227. The Morgan fingerprint density at radius 3 is 2.48 bits per heavy atom. The van der Waals surface area contributed by atoms with E-state index < -0.39 is 24.1 Å². The summed E-state index contributed by atoms with van der Waals surface area (Å²) in [6.07, 6.45) is -1.55. The first kappa shape index (κ1) is 20.7. The van der Waals surface area contributed by atoms with Gasteiger partial charge in [0.2, 0.25) is 0 Å². The van der Waals surface area contributed by atoms with Crippen molar-refractivity contribution in [2.45, 2.75) is 32.5 Å². The molecule has 0 bridgehead atoms. The number of rotatable bonds is 7. The van der Waals surface area contributed by atoms with Crippen molar-refractivity contribution in [2.24, 2.45) is 0 Å². The molecule has 0 fully saturated rings. The molecule has 29 heavy (non-hydrogen) atoms. The van der Waals surface area contributed by atoms with E-state index in [1.54, 1.807) is 30.3 Å². The number of hydrogen-bond acceptors (Lipinski definition) is 6. The first-order valence-corrected chi connectivity index (χ1v) is 10.1. The van der Waals surface area contributed by atoms with E-state index in [0.29, 0.717) is 10.7 Å². The summed E-state index contributed by atoms with van der Waals surface area (Å²) in [6.45, 7) is 3.54. The van der Waals surface area contributed by atoms with E-state index in [0.717, 1.165) is 17.7 Å². The van der Waals surface area contributed by atoms with Crippen molar-refractivity contribution >= 4 is 28.3 Å². The summed E-state index contributed by atoms with van der Waals surface area (Å²) in [5.41, 5.74) is 3.37. The molecule has 0 aliphatic rings. The number of aryl methyl sites for hydroxylation is 1. The minimum absolute atomic E-state index is 0.406. The van der Waals surface area contributed by atoms with E-state index in [4.69, 9.17) is 4.74 Å². The lowest BCUT2D eigenvalue weighted by molar-refractivity contribution is -0.162. The fourth-order valence-corrected chi connectivity index (χ4v) is 3.37. The van der Waals surface area contributed by atoms with Crippen molar-refractivity contribution in [1.29, 1.82) is 0 Å². The highest BCUT2D eigenvalue weighted by Crippen LogP contribution is 2.25. The third-order valence-corrected chi connectivity index (χ3v) is 5.15. The van der Waals surface area contributed by atoms with Crippen LogP contribution in [0, 0.1) is 0 Å². The molecule has 0 unspecified atom stereocenters. The van der Waals surface area contributed by atoms with Crippen LogP contribution < -0.4 is 5.32 Å². The molecule has 3 aromatic rings. The second kappa shape index (κ2) is 9.45. The van der Waals surface area contributed by atoms with E-state index in [1.165, 1.54) is 23.8 Å². The number of thiazole rings is 1. The number of carbonyl (C=O) groups excluding carboxylic acids is 2. The minimum atomic E-state index is -1.44. The van der Waals surface area contributed by atoms with Crippen LogP contribution in [-0.2, 0) is 20.7 Å². The Morgan fingerprint density at radius 2 is 1.83 bits per heavy atom. The van der Waals surface area contributed by atoms with Gasteiger partial charge in [0.25, 0.3) is 5.91 Å². The number of nitrogens with one attached hydrogen (secondary N) is 1. The first-order valence-electron chi connectivity index (χ1n) is 9.27. The molecular formula is C22H22N2O4S. The van der Waals surface area contributed by atoms with Crippen molar-refractivity contribution in [2.75, 3.05) is 5.32 Å². The van der Waals surface area contributed by atoms with Crippen molar-refractivity contribution < 1.29 is 19.4 Å². The minimum Gasteiger partial charge on any atom is -0.450 e. The Morgan fingerprint density at radius 1 is 1.14 bits per heavy atom. The number of hydrogen-bond donors (Lipinski definition) is 2. The predicted molar refractivity (Wildman–Crippen MR) is 113 cm³/mol. The van der Waals surface area contributed by atoms with Gasteiger partial charge in [0, 0.05) is 10.9 Å². The van der Waals surface area contributed by atoms with Gasteiger partial charge in [0.05, 0.1) is 5.69 Å². The van der Waals surface area contributed by atoms with Crippen LogP contribution in [0.5, 0.6) is 0 Å². The van der Waals surface area contributed by atoms with Gasteiger partial charge in [0.1, 0.15) is 0 Å². The van der Waals surface area contributed by atoms with Crippen LogP contribution in [0.4, 0.5) is 5.13 Å². The van der Waals surface area contributed by atoms with Gasteiger partial charge in [-0.05, 0) is 24.5 Å². The molecule has 0 aliphatic carbocycles. The molecule has 0 saturated carbocycles. The molecule has 0 spiro atoms. The Balaban J connectivity index is 1.58. The number of benzene rings is 2. The topological polar surface area (TPSA) is 88.5 Å². The summed E-state index contributed by atoms with van der Waals surface area (Å²) in [5, 5.41) is 15.0. The highest BCUT2D eigenvalue weighted by molar-refractivity contribution is 7.14. The summed E-state index contributed by atoms with van der Waals surface area (Å²) in [6, 6.07) is 16.5. The third-order valence-electron chi connectivity index (χ3n) is 4.39. The summed E-state index contributed by atoms with van der Waals surface area (Å²) in [7, 11) is 0. The van der Waals surface area contributed by atoms with E-state index in [1.807, 2.05) is 29.6 Å². The number of anilines is 1. The monoisotopic (exact) mass is 410 g/mol. The van der Waals surface area contributed by atoms with Gasteiger partial charge in [-0.15, -0.1) is 11.3 Å². The van der Waals surface area contributed by atoms with Gasteiger partial charge >= 0.3 is 5.97 Å². The molecule has 1 amide bonds. The summed E-state index contributed by atoms with van der Waals surface area (Å²) >= 11 is 1.29. The lowest BCUT2D eigenvalue weighted by Gasteiger charge is -2.15. The van der Waals surface area contributed by atoms with Gasteiger partial charge in [-0.3, -0.25) is 10.1 Å². The van der Waals surface area contributed by atoms with E-state index in [-0.39, 0.29) is 0 Å². The number of aromatic nitrogens is 1. The van der Waals surface area contributed by atoms with E-state index in [9.17, 15) is 14.7 Å². The maximum absolute atomic E-state index is 12.3. The van der Waals surface area contributed by atoms with Gasteiger partial charge < -0.3 is 9.84 Å². The van der Waals surface area contributed by atoms with Crippen LogP contribution in [0.15, 0.2) is 60.0 Å². The number of amides is 1. The standard InChI is InChI=1S/C22H22N2O4S/c1-3-15-9-11-16(12-10-15)18-13-29-22(23-18)24-20(26)14(2)28-21(27)19(25)17-7-5-4-6-8-17/h4-14,19,25H,3H2,1-2H3,(H,23,24,26)/t14-,19+/m1/s1. The molecule has 1 heterocycles. The Kier molecular flexibility index (Phi) is 6.74. The molecule has 0 aliphatic heterocycles. The van der Waals surface area contributed by atoms with Gasteiger partial charge in [-0.25, -0.2) is 9.78 Å². The average Bonchev–Trinajstić information content (AvgIpc) is 3.22. The molecule has 1 aromatic heterocycles. The van der Waals surface area contributed by atoms with Crippen molar-refractivity contribution in [3.05, 3.63) is 71.1 Å². The molecule has 3 rings (SSSR count). The largest absolute Gasteiger partial charge is 0.450 e. The zero-order chi connectivity index (χ0) is 20.8. The number of aliphatic hydroxyl groups excluding tert-OH is 1. The molecule has 0 radical (unpaired) electrons. The van der Waals surface area contributed by atoms with Crippen LogP contribution in [0.2, 0.25) is 0 Å². The number of nitrogens with zero attached hydrogens (tertiary/aromatic N) is 1. The fourth-order valence-electron chi connectivity index (χ4n) is 2.65. The molecule has 7 heteroatoms. The van der Waals surface area contributed by atoms with Crippen LogP contribution in [0.25, 0.3) is 11.3 Å². The Hall–Kier alpha value is -3.03. The predicted octanol–water partition coefficient (Wildman–Crippen LogP) is 3.98. The molecule has 150 valence electrons. The quantitative estimate of drug-likeness (QED) is 0.575. The lowest BCUT2D eigenvalue weighted by atomic mass is 10.1. The number of carbonyl (C=O) groups is 2. The van der Waals surface area contributed by atoms with E-state index >= 15 is 0 Å². The Bertz CT molecular complexity index is 970. The molecule has 2 N–H and O–H groups in total. The number of esters is 1. The van der Waals surface area contributed by atoms with Gasteiger partial charge in [-0.1, -0.05) is 61.5 Å². The van der Waals surface area contributed by atoms with Crippen LogP contribution in [-0.4, -0.2) is 28.1 Å². The third kappa shape index (κ3) is 5.28. The molecule has 6 nitrogen and oxygen atoms in total. The van der Waals surface area contributed by atoms with Crippen molar-refractivity contribution in [3.63, 3.8) is 0 Å². The zero-order valence-electron chi connectivity index (χ0n) is 16.2. The molecular weight excluding hydrogens is 388 g/mol. The highest BCUT2D eigenvalue weighted by atomic mass is 32.1. The van der Waals surface area contributed by atoms with Gasteiger partial charge in [0.15, 0.2) is 17.3 Å².